The van der Waals surface area contributed by atoms with Crippen LogP contribution >= 0.6 is 0 Å². The van der Waals surface area contributed by atoms with Crippen molar-refractivity contribution in [1.29, 1.82) is 0 Å². The molecule has 0 saturated carbocycles. The summed E-state index contributed by atoms with van der Waals surface area (Å²) < 4.78 is 39.2. The number of nitrogens with zero attached hydrogens (tertiary/aromatic N) is 1. The third-order valence-electron chi connectivity index (χ3n) is 2.28. The molecule has 0 atom stereocenters. The van der Waals surface area contributed by atoms with Crippen molar-refractivity contribution in [1.82, 2.24) is 4.98 Å². The summed E-state index contributed by atoms with van der Waals surface area (Å²) >= 11 is 0. The molecule has 0 spiro atoms. The molecular weight excluding hydrogens is 259 g/mol. The molecule has 0 fully saturated rings. The summed E-state index contributed by atoms with van der Waals surface area (Å²) in [6, 6.07) is 3.65. The Kier molecular flexibility index (Phi) is 3.37. The quantitative estimate of drug-likeness (QED) is 0.820. The smallest absolute Gasteiger partial charge is 0.255 e. The molecule has 1 heterocycles. The van der Waals surface area contributed by atoms with Crippen molar-refractivity contribution in [2.75, 3.05) is 11.1 Å². The van der Waals surface area contributed by atoms with Crippen molar-refractivity contribution in [2.24, 2.45) is 0 Å². The molecule has 0 saturated heterocycles. The third-order valence-corrected chi connectivity index (χ3v) is 2.28. The van der Waals surface area contributed by atoms with Gasteiger partial charge < -0.3 is 11.1 Å². The average molecular weight is 267 g/mol. The fourth-order valence-corrected chi connectivity index (χ4v) is 1.43. The highest BCUT2D eigenvalue weighted by atomic mass is 19.2. The van der Waals surface area contributed by atoms with E-state index in [1.165, 1.54) is 18.3 Å². The number of aromatic nitrogens is 1. The Labute approximate surface area is 106 Å². The molecule has 0 aliphatic heterocycles. The lowest BCUT2D eigenvalue weighted by Gasteiger charge is -2.07. The van der Waals surface area contributed by atoms with Crippen LogP contribution < -0.4 is 11.1 Å². The van der Waals surface area contributed by atoms with Gasteiger partial charge in [0.2, 0.25) is 0 Å². The Hall–Kier alpha value is -2.57. The van der Waals surface area contributed by atoms with E-state index in [1.54, 1.807) is 0 Å². The molecule has 0 unspecified atom stereocenters. The van der Waals surface area contributed by atoms with Crippen molar-refractivity contribution in [3.05, 3.63) is 53.5 Å². The SMILES string of the molecule is Nc1cc(C(=O)Nc2cc(F)cc(F)c2F)ccn1. The van der Waals surface area contributed by atoms with Crippen LogP contribution in [0, 0.1) is 17.5 Å². The maximum Gasteiger partial charge on any atom is 0.255 e. The van der Waals surface area contributed by atoms with Gasteiger partial charge in [-0.05, 0) is 12.1 Å². The van der Waals surface area contributed by atoms with Crippen LogP contribution in [0.15, 0.2) is 30.5 Å². The molecule has 1 amide bonds. The molecule has 19 heavy (non-hydrogen) atoms. The van der Waals surface area contributed by atoms with Gasteiger partial charge in [-0.1, -0.05) is 0 Å². The number of pyridine rings is 1. The van der Waals surface area contributed by atoms with Gasteiger partial charge in [-0.3, -0.25) is 4.79 Å². The molecular formula is C12H8F3N3O. The van der Waals surface area contributed by atoms with E-state index >= 15 is 0 Å². The molecule has 1 aromatic heterocycles. The molecule has 0 radical (unpaired) electrons. The van der Waals surface area contributed by atoms with Crippen LogP contribution in [0.25, 0.3) is 0 Å². The maximum absolute atomic E-state index is 13.3. The standard InChI is InChI=1S/C12H8F3N3O/c13-7-4-8(14)11(15)9(5-7)18-12(19)6-1-2-17-10(16)3-6/h1-5H,(H2,16,17)(H,18,19). The van der Waals surface area contributed by atoms with Crippen LogP contribution in [0.5, 0.6) is 0 Å². The Bertz CT molecular complexity index is 646. The maximum atomic E-state index is 13.3. The first-order chi connectivity index (χ1) is 8.97. The highest BCUT2D eigenvalue weighted by Crippen LogP contribution is 2.20. The molecule has 1 aromatic carbocycles. The van der Waals surface area contributed by atoms with Gasteiger partial charge in [-0.25, -0.2) is 18.2 Å². The number of rotatable bonds is 2. The zero-order chi connectivity index (χ0) is 14.0. The van der Waals surface area contributed by atoms with Crippen LogP contribution in [0.2, 0.25) is 0 Å². The average Bonchev–Trinajstić information content (AvgIpc) is 2.35. The van der Waals surface area contributed by atoms with Crippen LogP contribution in [0.4, 0.5) is 24.7 Å². The number of nitrogens with one attached hydrogen (secondary N) is 1. The molecule has 98 valence electrons. The summed E-state index contributed by atoms with van der Waals surface area (Å²) in [4.78, 5) is 15.4. The fraction of sp³-hybridized carbons (Fsp3) is 0. The monoisotopic (exact) mass is 267 g/mol. The lowest BCUT2D eigenvalue weighted by molar-refractivity contribution is 0.102. The summed E-state index contributed by atoms with van der Waals surface area (Å²) in [7, 11) is 0. The minimum Gasteiger partial charge on any atom is -0.384 e. The summed E-state index contributed by atoms with van der Waals surface area (Å²) in [5, 5.41) is 2.06. The van der Waals surface area contributed by atoms with Gasteiger partial charge >= 0.3 is 0 Å². The number of nitrogen functional groups attached to an aromatic ring is 1. The lowest BCUT2D eigenvalue weighted by atomic mass is 10.2. The minimum atomic E-state index is -1.38. The van der Waals surface area contributed by atoms with Gasteiger partial charge in [-0.15, -0.1) is 0 Å². The number of carbonyl (C=O) groups is 1. The largest absolute Gasteiger partial charge is 0.384 e. The second-order valence-corrected chi connectivity index (χ2v) is 3.67. The topological polar surface area (TPSA) is 68.0 Å². The van der Waals surface area contributed by atoms with E-state index in [2.05, 4.69) is 10.3 Å². The lowest BCUT2D eigenvalue weighted by Crippen LogP contribution is -2.14. The number of amides is 1. The number of carbonyl (C=O) groups excluding carboxylic acids is 1. The molecule has 0 aliphatic rings. The summed E-state index contributed by atoms with van der Waals surface area (Å²) in [5.41, 5.74) is 4.89. The van der Waals surface area contributed by atoms with Crippen LogP contribution in [0.1, 0.15) is 10.4 Å². The number of hydrogen-bond acceptors (Lipinski definition) is 3. The fourth-order valence-electron chi connectivity index (χ4n) is 1.43. The van der Waals surface area contributed by atoms with Gasteiger partial charge in [0.05, 0.1) is 5.69 Å². The van der Waals surface area contributed by atoms with Crippen molar-refractivity contribution in [3.63, 3.8) is 0 Å². The first-order valence-corrected chi connectivity index (χ1v) is 5.15. The highest BCUT2D eigenvalue weighted by Gasteiger charge is 2.14. The van der Waals surface area contributed by atoms with Crippen LogP contribution in [-0.4, -0.2) is 10.9 Å². The normalized spacial score (nSPS) is 10.3. The number of halogens is 3. The Morgan fingerprint density at radius 1 is 1.21 bits per heavy atom. The van der Waals surface area contributed by atoms with Gasteiger partial charge in [0.1, 0.15) is 11.6 Å². The van der Waals surface area contributed by atoms with Gasteiger partial charge in [0.15, 0.2) is 11.6 Å². The van der Waals surface area contributed by atoms with Crippen molar-refractivity contribution < 1.29 is 18.0 Å². The number of anilines is 2. The highest BCUT2D eigenvalue weighted by molar-refractivity contribution is 6.04. The predicted octanol–water partition coefficient (Wildman–Crippen LogP) is 2.33. The second-order valence-electron chi connectivity index (χ2n) is 3.67. The zero-order valence-corrected chi connectivity index (χ0v) is 9.45. The summed E-state index contributed by atoms with van der Waals surface area (Å²) in [5.74, 6) is -4.37. The summed E-state index contributed by atoms with van der Waals surface area (Å²) in [6.07, 6.45) is 1.28. The van der Waals surface area contributed by atoms with Gasteiger partial charge in [-0.2, -0.15) is 0 Å². The summed E-state index contributed by atoms with van der Waals surface area (Å²) in [6.45, 7) is 0. The Morgan fingerprint density at radius 3 is 2.63 bits per heavy atom. The molecule has 4 nitrogen and oxygen atoms in total. The van der Waals surface area contributed by atoms with Crippen molar-refractivity contribution in [2.45, 2.75) is 0 Å². The van der Waals surface area contributed by atoms with Gasteiger partial charge in [0, 0.05) is 23.9 Å². The molecule has 0 bridgehead atoms. The number of nitrogens with two attached hydrogens (primary N) is 1. The van der Waals surface area contributed by atoms with E-state index in [4.69, 9.17) is 5.73 Å². The molecule has 3 N–H and O–H groups in total. The zero-order valence-electron chi connectivity index (χ0n) is 9.45. The van der Waals surface area contributed by atoms with E-state index in [0.29, 0.717) is 12.1 Å². The Balaban J connectivity index is 2.29. The van der Waals surface area contributed by atoms with Crippen molar-refractivity contribution >= 4 is 17.4 Å². The minimum absolute atomic E-state index is 0.0940. The Morgan fingerprint density at radius 2 is 1.95 bits per heavy atom. The predicted molar refractivity (Wildman–Crippen MR) is 62.9 cm³/mol. The van der Waals surface area contributed by atoms with Crippen LogP contribution in [-0.2, 0) is 0 Å². The van der Waals surface area contributed by atoms with E-state index in [9.17, 15) is 18.0 Å². The number of benzene rings is 1. The molecule has 2 aromatic rings. The molecule has 7 heteroatoms. The molecule has 0 aliphatic carbocycles. The molecule has 2 rings (SSSR count). The van der Waals surface area contributed by atoms with Crippen LogP contribution in [0.3, 0.4) is 0 Å². The van der Waals surface area contributed by atoms with E-state index < -0.39 is 29.0 Å². The first-order valence-electron chi connectivity index (χ1n) is 5.15. The van der Waals surface area contributed by atoms with E-state index in [0.717, 1.165) is 0 Å². The van der Waals surface area contributed by atoms with Gasteiger partial charge in [0.25, 0.3) is 5.91 Å². The van der Waals surface area contributed by atoms with Crippen molar-refractivity contribution in [3.8, 4) is 0 Å². The van der Waals surface area contributed by atoms with E-state index in [1.807, 2.05) is 0 Å². The third kappa shape index (κ3) is 2.82. The number of hydrogen-bond donors (Lipinski definition) is 2. The second kappa shape index (κ2) is 4.97. The van der Waals surface area contributed by atoms with E-state index in [-0.39, 0.29) is 11.4 Å². The first kappa shape index (κ1) is 12.9.